The Morgan fingerprint density at radius 3 is 2.64 bits per heavy atom. The monoisotopic (exact) mass is 246 g/mol. The molecule has 0 unspecified atom stereocenters. The summed E-state index contributed by atoms with van der Waals surface area (Å²) in [6.07, 6.45) is 0. The molecule has 1 heterocycles. The molecule has 0 N–H and O–H groups in total. The summed E-state index contributed by atoms with van der Waals surface area (Å²) in [5.41, 5.74) is 0.954. The molecule has 1 nitrogen and oxygen atoms in total. The number of furan rings is 1. The van der Waals surface area contributed by atoms with Crippen molar-refractivity contribution in [1.29, 1.82) is 0 Å². The van der Waals surface area contributed by atoms with Crippen molar-refractivity contribution >= 4 is 37.7 Å². The fraction of sp³-hybridized carbons (Fsp3) is 0. The van der Waals surface area contributed by atoms with Gasteiger partial charge in [-0.1, -0.05) is 36.4 Å². The maximum absolute atomic E-state index is 5.60. The zero-order valence-corrected chi connectivity index (χ0v) is 8.91. The Morgan fingerprint density at radius 2 is 1.71 bits per heavy atom. The van der Waals surface area contributed by atoms with E-state index in [0.717, 1.165) is 21.0 Å². The van der Waals surface area contributed by atoms with Gasteiger partial charge in [-0.2, -0.15) is 0 Å². The molecule has 0 atom stereocenters. The highest BCUT2D eigenvalue weighted by Gasteiger charge is 2.04. The summed E-state index contributed by atoms with van der Waals surface area (Å²) in [4.78, 5) is 0. The second-order valence-electron chi connectivity index (χ2n) is 3.26. The Labute approximate surface area is 89.5 Å². The lowest BCUT2D eigenvalue weighted by molar-refractivity contribution is 0.590. The van der Waals surface area contributed by atoms with Gasteiger partial charge in [0.1, 0.15) is 5.58 Å². The Kier molecular flexibility index (Phi) is 1.64. The zero-order valence-electron chi connectivity index (χ0n) is 7.33. The van der Waals surface area contributed by atoms with Gasteiger partial charge in [0, 0.05) is 10.8 Å². The molecule has 0 radical (unpaired) electrons. The van der Waals surface area contributed by atoms with Crippen LogP contribution in [0.3, 0.4) is 0 Å². The lowest BCUT2D eigenvalue weighted by Crippen LogP contribution is -1.71. The van der Waals surface area contributed by atoms with E-state index < -0.39 is 0 Å². The van der Waals surface area contributed by atoms with Gasteiger partial charge in [0.2, 0.25) is 0 Å². The average Bonchev–Trinajstić information content (AvgIpc) is 2.59. The number of rotatable bonds is 0. The van der Waals surface area contributed by atoms with Crippen LogP contribution in [0.1, 0.15) is 0 Å². The normalized spacial score (nSPS) is 11.2. The molecule has 2 heteroatoms. The first-order valence-electron chi connectivity index (χ1n) is 4.41. The van der Waals surface area contributed by atoms with E-state index in [2.05, 4.69) is 40.2 Å². The first-order valence-corrected chi connectivity index (χ1v) is 5.21. The van der Waals surface area contributed by atoms with Crippen molar-refractivity contribution in [2.45, 2.75) is 0 Å². The molecule has 0 amide bonds. The van der Waals surface area contributed by atoms with E-state index in [1.807, 2.05) is 18.2 Å². The topological polar surface area (TPSA) is 13.1 Å². The van der Waals surface area contributed by atoms with E-state index in [-0.39, 0.29) is 0 Å². The molecule has 0 aliphatic heterocycles. The number of fused-ring (bicyclic) bond motifs is 3. The molecule has 3 rings (SSSR count). The Balaban J connectivity index is 2.60. The SMILES string of the molecule is Brc1cc2ccc3ccccc3c2o1. The van der Waals surface area contributed by atoms with E-state index in [9.17, 15) is 0 Å². The van der Waals surface area contributed by atoms with Crippen molar-refractivity contribution in [3.05, 3.63) is 47.1 Å². The van der Waals surface area contributed by atoms with Crippen LogP contribution >= 0.6 is 15.9 Å². The zero-order chi connectivity index (χ0) is 9.54. The van der Waals surface area contributed by atoms with E-state index >= 15 is 0 Å². The molecule has 0 aliphatic carbocycles. The summed E-state index contributed by atoms with van der Waals surface area (Å²) in [5, 5.41) is 3.51. The molecule has 0 bridgehead atoms. The first kappa shape index (κ1) is 8.06. The molecule has 0 spiro atoms. The number of hydrogen-bond acceptors (Lipinski definition) is 1. The van der Waals surface area contributed by atoms with E-state index in [0.29, 0.717) is 0 Å². The van der Waals surface area contributed by atoms with Crippen molar-refractivity contribution < 1.29 is 4.42 Å². The van der Waals surface area contributed by atoms with Crippen molar-refractivity contribution in [3.8, 4) is 0 Å². The third-order valence-corrected chi connectivity index (χ3v) is 2.77. The fourth-order valence-corrected chi connectivity index (χ4v) is 2.15. The van der Waals surface area contributed by atoms with Crippen LogP contribution in [0.15, 0.2) is 51.6 Å². The van der Waals surface area contributed by atoms with Crippen LogP contribution in [0, 0.1) is 0 Å². The molecular formula is C12H7BrO. The lowest BCUT2D eigenvalue weighted by Gasteiger charge is -1.96. The minimum atomic E-state index is 0.781. The molecule has 3 aromatic rings. The van der Waals surface area contributed by atoms with Crippen LogP contribution in [0.2, 0.25) is 0 Å². The first-order chi connectivity index (χ1) is 6.84. The summed E-state index contributed by atoms with van der Waals surface area (Å²) in [7, 11) is 0. The minimum Gasteiger partial charge on any atom is -0.449 e. The fourth-order valence-electron chi connectivity index (χ4n) is 1.74. The van der Waals surface area contributed by atoms with Gasteiger partial charge in [-0.05, 0) is 27.4 Å². The van der Waals surface area contributed by atoms with Gasteiger partial charge in [-0.25, -0.2) is 0 Å². The summed E-state index contributed by atoms with van der Waals surface area (Å²) < 4.78 is 6.38. The second-order valence-corrected chi connectivity index (χ2v) is 4.04. The Morgan fingerprint density at radius 1 is 0.929 bits per heavy atom. The molecule has 2 aromatic carbocycles. The second kappa shape index (κ2) is 2.85. The molecule has 14 heavy (non-hydrogen) atoms. The predicted molar refractivity (Wildman–Crippen MR) is 61.4 cm³/mol. The summed E-state index contributed by atoms with van der Waals surface area (Å²) in [6.45, 7) is 0. The standard InChI is InChI=1S/C12H7BrO/c13-11-7-9-6-5-8-3-1-2-4-10(8)12(9)14-11/h1-7H. The largest absolute Gasteiger partial charge is 0.449 e. The van der Waals surface area contributed by atoms with Gasteiger partial charge in [-0.3, -0.25) is 0 Å². The number of benzene rings is 2. The summed E-state index contributed by atoms with van der Waals surface area (Å²) in [5.74, 6) is 0. The van der Waals surface area contributed by atoms with Gasteiger partial charge in [-0.15, -0.1) is 0 Å². The van der Waals surface area contributed by atoms with Crippen molar-refractivity contribution in [2.24, 2.45) is 0 Å². The Hall–Kier alpha value is -1.28. The van der Waals surface area contributed by atoms with Crippen LogP contribution < -0.4 is 0 Å². The van der Waals surface area contributed by atoms with E-state index in [1.165, 1.54) is 5.39 Å². The lowest BCUT2D eigenvalue weighted by atomic mass is 10.1. The van der Waals surface area contributed by atoms with Gasteiger partial charge in [0.15, 0.2) is 4.67 Å². The minimum absolute atomic E-state index is 0.781. The number of halogens is 1. The molecule has 0 aliphatic rings. The third-order valence-electron chi connectivity index (χ3n) is 2.38. The van der Waals surface area contributed by atoms with Crippen molar-refractivity contribution in [2.75, 3.05) is 0 Å². The number of hydrogen-bond donors (Lipinski definition) is 0. The molecule has 0 saturated heterocycles. The quantitative estimate of drug-likeness (QED) is 0.575. The molecule has 0 saturated carbocycles. The highest BCUT2D eigenvalue weighted by atomic mass is 79.9. The maximum Gasteiger partial charge on any atom is 0.170 e. The van der Waals surface area contributed by atoms with E-state index in [4.69, 9.17) is 4.42 Å². The average molecular weight is 247 g/mol. The Bertz CT molecular complexity index is 610. The van der Waals surface area contributed by atoms with Gasteiger partial charge < -0.3 is 4.42 Å². The van der Waals surface area contributed by atoms with Crippen LogP contribution in [0.25, 0.3) is 21.7 Å². The van der Waals surface area contributed by atoms with Crippen molar-refractivity contribution in [3.63, 3.8) is 0 Å². The van der Waals surface area contributed by atoms with Crippen LogP contribution in [0.5, 0.6) is 0 Å². The van der Waals surface area contributed by atoms with Crippen LogP contribution in [0.4, 0.5) is 0 Å². The molecule has 1 aromatic heterocycles. The molecular weight excluding hydrogens is 240 g/mol. The highest BCUT2D eigenvalue weighted by molar-refractivity contribution is 9.10. The third kappa shape index (κ3) is 1.07. The molecule has 68 valence electrons. The van der Waals surface area contributed by atoms with E-state index in [1.54, 1.807) is 0 Å². The van der Waals surface area contributed by atoms with Crippen molar-refractivity contribution in [1.82, 2.24) is 0 Å². The van der Waals surface area contributed by atoms with Gasteiger partial charge in [0.25, 0.3) is 0 Å². The van der Waals surface area contributed by atoms with Crippen LogP contribution in [-0.4, -0.2) is 0 Å². The molecule has 0 fully saturated rings. The van der Waals surface area contributed by atoms with Crippen LogP contribution in [-0.2, 0) is 0 Å². The predicted octanol–water partition coefficient (Wildman–Crippen LogP) is 4.35. The highest BCUT2D eigenvalue weighted by Crippen LogP contribution is 2.29. The van der Waals surface area contributed by atoms with Gasteiger partial charge in [0.05, 0.1) is 0 Å². The van der Waals surface area contributed by atoms with Gasteiger partial charge >= 0.3 is 0 Å². The summed E-state index contributed by atoms with van der Waals surface area (Å²) in [6, 6.07) is 14.4. The maximum atomic E-state index is 5.60. The smallest absolute Gasteiger partial charge is 0.170 e. The summed E-state index contributed by atoms with van der Waals surface area (Å²) >= 11 is 3.34.